The van der Waals surface area contributed by atoms with Crippen LogP contribution in [0.4, 0.5) is 0 Å². The third-order valence-corrected chi connectivity index (χ3v) is 5.37. The molecule has 2 unspecified atom stereocenters. The number of carbonyl (C=O) groups is 1. The van der Waals surface area contributed by atoms with Gasteiger partial charge in [-0.1, -0.05) is 34.1 Å². The monoisotopic (exact) mass is 467 g/mol. The van der Waals surface area contributed by atoms with Crippen molar-refractivity contribution < 1.29 is 4.79 Å². The molecule has 1 amide bonds. The molecule has 8 heteroatoms. The van der Waals surface area contributed by atoms with Gasteiger partial charge in [-0.15, -0.1) is 36.2 Å². The first-order valence-corrected chi connectivity index (χ1v) is 9.02. The van der Waals surface area contributed by atoms with Crippen molar-refractivity contribution in [2.24, 2.45) is 5.73 Å². The summed E-state index contributed by atoms with van der Waals surface area (Å²) in [5, 5.41) is 5.04. The molecule has 0 aliphatic carbocycles. The summed E-state index contributed by atoms with van der Waals surface area (Å²) < 4.78 is 0.961. The second-order valence-electron chi connectivity index (χ2n) is 5.91. The lowest BCUT2D eigenvalue weighted by Crippen LogP contribution is -2.50. The van der Waals surface area contributed by atoms with Crippen molar-refractivity contribution in [3.05, 3.63) is 56.7 Å². The van der Waals surface area contributed by atoms with Gasteiger partial charge in [-0.25, -0.2) is 0 Å². The van der Waals surface area contributed by atoms with Gasteiger partial charge in [0.2, 0.25) is 5.91 Å². The first-order valence-electron chi connectivity index (χ1n) is 7.35. The van der Waals surface area contributed by atoms with Gasteiger partial charge < -0.3 is 16.0 Å². The minimum Gasteiger partial charge on any atom is -0.352 e. The summed E-state index contributed by atoms with van der Waals surface area (Å²) in [4.78, 5) is 15.9. The Labute approximate surface area is 174 Å². The standard InChI is InChI=1S/C17H22BrN3OS.2ClH/c1-17(19,12-6-8-13(18)9-7-12)16(22)20-11-14(21(2)3)15-5-4-10-23-15;;/h4-10,14H,11,19H2,1-3H3,(H,20,22);2*1H. The highest BCUT2D eigenvalue weighted by molar-refractivity contribution is 9.10. The molecule has 140 valence electrons. The summed E-state index contributed by atoms with van der Waals surface area (Å²) in [6, 6.07) is 11.8. The van der Waals surface area contributed by atoms with E-state index in [-0.39, 0.29) is 36.8 Å². The average Bonchev–Trinajstić information content (AvgIpc) is 3.01. The smallest absolute Gasteiger partial charge is 0.244 e. The number of benzene rings is 1. The van der Waals surface area contributed by atoms with Crippen LogP contribution >= 0.6 is 52.1 Å². The van der Waals surface area contributed by atoms with Gasteiger partial charge in [-0.3, -0.25) is 4.79 Å². The Bertz CT molecular complexity index is 648. The van der Waals surface area contributed by atoms with Crippen LogP contribution < -0.4 is 11.1 Å². The Hall–Kier alpha value is -0.630. The highest BCUT2D eigenvalue weighted by Gasteiger charge is 2.31. The molecule has 1 heterocycles. The summed E-state index contributed by atoms with van der Waals surface area (Å²) in [5.74, 6) is -0.178. The van der Waals surface area contributed by atoms with E-state index in [0.717, 1.165) is 10.0 Å². The second-order valence-corrected chi connectivity index (χ2v) is 7.81. The normalized spacial score (nSPS) is 14.0. The quantitative estimate of drug-likeness (QED) is 0.674. The number of carbonyl (C=O) groups excluding carboxylic acids is 1. The molecule has 0 bridgehead atoms. The Morgan fingerprint density at radius 2 is 1.88 bits per heavy atom. The van der Waals surface area contributed by atoms with Crippen molar-refractivity contribution in [3.63, 3.8) is 0 Å². The maximum atomic E-state index is 12.6. The number of halogens is 3. The molecule has 0 saturated heterocycles. The van der Waals surface area contributed by atoms with Gasteiger partial charge in [0.1, 0.15) is 5.54 Å². The number of hydrogen-bond donors (Lipinski definition) is 2. The lowest BCUT2D eigenvalue weighted by atomic mass is 9.92. The van der Waals surface area contributed by atoms with Crippen LogP contribution in [0.2, 0.25) is 0 Å². The summed E-state index contributed by atoms with van der Waals surface area (Å²) in [5.41, 5.74) is 6.00. The van der Waals surface area contributed by atoms with Crippen molar-refractivity contribution >= 4 is 58.0 Å². The van der Waals surface area contributed by atoms with E-state index in [4.69, 9.17) is 5.73 Å². The van der Waals surface area contributed by atoms with Crippen LogP contribution in [0.25, 0.3) is 0 Å². The topological polar surface area (TPSA) is 58.4 Å². The predicted octanol–water partition coefficient (Wildman–Crippen LogP) is 3.95. The van der Waals surface area contributed by atoms with Crippen molar-refractivity contribution in [1.82, 2.24) is 10.2 Å². The Morgan fingerprint density at radius 1 is 1.28 bits per heavy atom. The highest BCUT2D eigenvalue weighted by atomic mass is 79.9. The number of rotatable bonds is 6. The minimum atomic E-state index is -1.06. The molecule has 0 saturated carbocycles. The van der Waals surface area contributed by atoms with E-state index in [9.17, 15) is 4.79 Å². The highest BCUT2D eigenvalue weighted by Crippen LogP contribution is 2.24. The van der Waals surface area contributed by atoms with Crippen LogP contribution in [-0.4, -0.2) is 31.4 Å². The fraction of sp³-hybridized carbons (Fsp3) is 0.353. The van der Waals surface area contributed by atoms with Crippen molar-refractivity contribution in [2.75, 3.05) is 20.6 Å². The van der Waals surface area contributed by atoms with Gasteiger partial charge in [0, 0.05) is 15.9 Å². The molecular weight excluding hydrogens is 445 g/mol. The molecule has 1 aromatic carbocycles. The summed E-state index contributed by atoms with van der Waals surface area (Å²) in [6.07, 6.45) is 0. The molecule has 3 N–H and O–H groups in total. The largest absolute Gasteiger partial charge is 0.352 e. The van der Waals surface area contributed by atoms with E-state index in [0.29, 0.717) is 6.54 Å². The molecule has 0 aliphatic rings. The van der Waals surface area contributed by atoms with Crippen LogP contribution in [0.1, 0.15) is 23.4 Å². The fourth-order valence-electron chi connectivity index (χ4n) is 2.32. The third kappa shape index (κ3) is 6.24. The number of nitrogens with zero attached hydrogens (tertiary/aromatic N) is 1. The lowest BCUT2D eigenvalue weighted by molar-refractivity contribution is -0.126. The number of hydrogen-bond acceptors (Lipinski definition) is 4. The van der Waals surface area contributed by atoms with Crippen molar-refractivity contribution in [3.8, 4) is 0 Å². The van der Waals surface area contributed by atoms with Crippen LogP contribution in [0.5, 0.6) is 0 Å². The first kappa shape index (κ1) is 24.4. The number of likely N-dealkylation sites (N-methyl/N-ethyl adjacent to an activating group) is 1. The van der Waals surface area contributed by atoms with Gasteiger partial charge in [0.25, 0.3) is 0 Å². The Morgan fingerprint density at radius 3 is 2.36 bits per heavy atom. The zero-order valence-corrected chi connectivity index (χ0v) is 18.4. The molecule has 2 atom stereocenters. The molecule has 0 aliphatic heterocycles. The maximum Gasteiger partial charge on any atom is 0.244 e. The molecule has 1 aromatic heterocycles. The number of nitrogens with two attached hydrogens (primary N) is 1. The summed E-state index contributed by atoms with van der Waals surface area (Å²) >= 11 is 5.08. The first-order chi connectivity index (χ1) is 10.8. The molecule has 2 aromatic rings. The molecule has 0 radical (unpaired) electrons. The maximum absolute atomic E-state index is 12.6. The lowest BCUT2D eigenvalue weighted by Gasteiger charge is -2.28. The summed E-state index contributed by atoms with van der Waals surface area (Å²) in [6.45, 7) is 2.26. The summed E-state index contributed by atoms with van der Waals surface area (Å²) in [7, 11) is 4.01. The van der Waals surface area contributed by atoms with Crippen LogP contribution in [-0.2, 0) is 10.3 Å². The van der Waals surface area contributed by atoms with Gasteiger partial charge in [0.05, 0.1) is 6.04 Å². The average molecular weight is 469 g/mol. The van der Waals surface area contributed by atoms with E-state index in [2.05, 4.69) is 32.2 Å². The van der Waals surface area contributed by atoms with Crippen molar-refractivity contribution in [1.29, 1.82) is 0 Å². The van der Waals surface area contributed by atoms with E-state index in [1.807, 2.05) is 49.8 Å². The number of amides is 1. The minimum absolute atomic E-state index is 0. The molecule has 2 rings (SSSR count). The molecule has 25 heavy (non-hydrogen) atoms. The molecule has 4 nitrogen and oxygen atoms in total. The molecule has 0 fully saturated rings. The van der Waals surface area contributed by atoms with Crippen LogP contribution in [0.15, 0.2) is 46.3 Å². The van der Waals surface area contributed by atoms with Gasteiger partial charge in [-0.05, 0) is 50.2 Å². The Balaban J connectivity index is 0.00000288. The fourth-order valence-corrected chi connectivity index (χ4v) is 3.51. The predicted molar refractivity (Wildman–Crippen MR) is 114 cm³/mol. The van der Waals surface area contributed by atoms with Gasteiger partial charge in [-0.2, -0.15) is 0 Å². The number of thiophene rings is 1. The molecule has 0 spiro atoms. The zero-order chi connectivity index (χ0) is 17.0. The van der Waals surface area contributed by atoms with Crippen LogP contribution in [0, 0.1) is 0 Å². The van der Waals surface area contributed by atoms with Crippen molar-refractivity contribution in [2.45, 2.75) is 18.5 Å². The van der Waals surface area contributed by atoms with E-state index in [1.165, 1.54) is 4.88 Å². The van der Waals surface area contributed by atoms with Gasteiger partial charge >= 0.3 is 0 Å². The second kappa shape index (κ2) is 10.5. The zero-order valence-electron chi connectivity index (χ0n) is 14.4. The van der Waals surface area contributed by atoms with E-state index >= 15 is 0 Å². The van der Waals surface area contributed by atoms with E-state index < -0.39 is 5.54 Å². The van der Waals surface area contributed by atoms with E-state index in [1.54, 1.807) is 18.3 Å². The third-order valence-electron chi connectivity index (χ3n) is 3.87. The number of nitrogens with one attached hydrogen (secondary N) is 1. The Kier molecular flexibility index (Phi) is 10.2. The van der Waals surface area contributed by atoms with Crippen LogP contribution in [0.3, 0.4) is 0 Å². The van der Waals surface area contributed by atoms with Gasteiger partial charge in [0.15, 0.2) is 0 Å². The SMILES string of the molecule is CN(C)C(CNC(=O)C(C)(N)c1ccc(Br)cc1)c1cccs1.Cl.Cl. The molecular formula is C17H24BrCl2N3OS.